The Morgan fingerprint density at radius 2 is 1.83 bits per heavy atom. The van der Waals surface area contributed by atoms with Gasteiger partial charge in [0.2, 0.25) is 0 Å². The van der Waals surface area contributed by atoms with Gasteiger partial charge in [0, 0.05) is 22.6 Å². The summed E-state index contributed by atoms with van der Waals surface area (Å²) in [5, 5.41) is 4.49. The molecule has 1 aromatic carbocycles. The van der Waals surface area contributed by atoms with Crippen LogP contribution >= 0.6 is 15.9 Å². The molecule has 0 radical (unpaired) electrons. The Balaban J connectivity index is 1.96. The minimum absolute atomic E-state index is 0.585. The smallest absolute Gasteiger partial charge is 0.0648 e. The van der Waals surface area contributed by atoms with Gasteiger partial charge in [-0.3, -0.25) is 0 Å². The van der Waals surface area contributed by atoms with E-state index in [0.29, 0.717) is 10.7 Å². The molecule has 3 heteroatoms. The van der Waals surface area contributed by atoms with Crippen molar-refractivity contribution in [2.75, 3.05) is 0 Å². The van der Waals surface area contributed by atoms with E-state index in [9.17, 15) is 0 Å². The first kappa shape index (κ1) is 12.0. The first-order valence-corrected chi connectivity index (χ1v) is 7.51. The zero-order valence-electron chi connectivity index (χ0n) is 10.3. The maximum absolute atomic E-state index is 4.49. The lowest BCUT2D eigenvalue weighted by Gasteiger charge is -2.27. The molecule has 1 aromatic heterocycles. The van der Waals surface area contributed by atoms with Gasteiger partial charge in [0.05, 0.1) is 5.69 Å². The average molecular weight is 305 g/mol. The quantitative estimate of drug-likeness (QED) is 0.757. The lowest BCUT2D eigenvalue weighted by molar-refractivity contribution is 0.446. The fourth-order valence-electron chi connectivity index (χ4n) is 2.80. The maximum atomic E-state index is 4.49. The second-order valence-electron chi connectivity index (χ2n) is 4.91. The molecule has 0 amide bonds. The lowest BCUT2D eigenvalue weighted by Crippen LogP contribution is -2.20. The summed E-state index contributed by atoms with van der Waals surface area (Å²) in [6.07, 6.45) is 7.11. The highest BCUT2D eigenvalue weighted by Crippen LogP contribution is 2.37. The van der Waals surface area contributed by atoms with E-state index in [1.54, 1.807) is 0 Å². The minimum atomic E-state index is 0.585. The Kier molecular flexibility index (Phi) is 3.50. The van der Waals surface area contributed by atoms with Crippen molar-refractivity contribution in [1.82, 2.24) is 9.78 Å². The van der Waals surface area contributed by atoms with Crippen LogP contribution in [0.2, 0.25) is 0 Å². The number of para-hydroxylation sites is 1. The van der Waals surface area contributed by atoms with Crippen LogP contribution < -0.4 is 0 Å². The number of hydrogen-bond acceptors (Lipinski definition) is 1. The molecular weight excluding hydrogens is 288 g/mol. The third kappa shape index (κ3) is 2.24. The Morgan fingerprint density at radius 1 is 1.06 bits per heavy atom. The Labute approximate surface area is 116 Å². The largest absolute Gasteiger partial charge is 0.238 e. The molecule has 0 saturated heterocycles. The van der Waals surface area contributed by atoms with Crippen molar-refractivity contribution in [3.63, 3.8) is 0 Å². The van der Waals surface area contributed by atoms with Crippen molar-refractivity contribution in [2.45, 2.75) is 36.4 Å². The monoisotopic (exact) mass is 304 g/mol. The van der Waals surface area contributed by atoms with Gasteiger partial charge in [-0.15, -0.1) is 0 Å². The number of halogens is 1. The van der Waals surface area contributed by atoms with E-state index in [1.165, 1.54) is 31.4 Å². The van der Waals surface area contributed by atoms with Gasteiger partial charge in [0.25, 0.3) is 0 Å². The van der Waals surface area contributed by atoms with E-state index in [-0.39, 0.29) is 0 Å². The molecule has 0 spiro atoms. The predicted octanol–water partition coefficient (Wildman–Crippen LogP) is 4.29. The summed E-state index contributed by atoms with van der Waals surface area (Å²) in [6.45, 7) is 0. The highest BCUT2D eigenvalue weighted by atomic mass is 79.9. The van der Waals surface area contributed by atoms with Crippen molar-refractivity contribution in [3.05, 3.63) is 48.3 Å². The van der Waals surface area contributed by atoms with Gasteiger partial charge in [0.15, 0.2) is 0 Å². The first-order chi connectivity index (χ1) is 8.86. The standard InChI is InChI=1S/C15H17BrN2/c16-14-9-5-4-8-13(14)15-10-11-17-18(15)12-6-2-1-3-7-12/h1-3,6-7,10-11,13-14H,4-5,8-9H2. The van der Waals surface area contributed by atoms with Gasteiger partial charge >= 0.3 is 0 Å². The Morgan fingerprint density at radius 3 is 2.61 bits per heavy atom. The van der Waals surface area contributed by atoms with Gasteiger partial charge in [-0.05, 0) is 31.0 Å². The van der Waals surface area contributed by atoms with Crippen LogP contribution in [0.4, 0.5) is 0 Å². The molecular formula is C15H17BrN2. The molecule has 1 saturated carbocycles. The molecule has 2 unspecified atom stereocenters. The minimum Gasteiger partial charge on any atom is -0.238 e. The van der Waals surface area contributed by atoms with E-state index in [4.69, 9.17) is 0 Å². The molecule has 0 N–H and O–H groups in total. The summed E-state index contributed by atoms with van der Waals surface area (Å²) in [7, 11) is 0. The highest BCUT2D eigenvalue weighted by molar-refractivity contribution is 9.09. The number of benzene rings is 1. The summed E-state index contributed by atoms with van der Waals surface area (Å²) in [6, 6.07) is 12.6. The van der Waals surface area contributed by atoms with Gasteiger partial charge in [-0.1, -0.05) is 47.0 Å². The van der Waals surface area contributed by atoms with E-state index < -0.39 is 0 Å². The molecule has 0 bridgehead atoms. The van der Waals surface area contributed by atoms with Crippen LogP contribution in [0.15, 0.2) is 42.6 Å². The topological polar surface area (TPSA) is 17.8 Å². The van der Waals surface area contributed by atoms with Gasteiger partial charge in [-0.25, -0.2) is 4.68 Å². The molecule has 18 heavy (non-hydrogen) atoms. The number of aromatic nitrogens is 2. The summed E-state index contributed by atoms with van der Waals surface area (Å²) < 4.78 is 2.09. The molecule has 2 nitrogen and oxygen atoms in total. The molecule has 1 aliphatic rings. The molecule has 1 fully saturated rings. The first-order valence-electron chi connectivity index (χ1n) is 6.59. The summed E-state index contributed by atoms with van der Waals surface area (Å²) in [5.74, 6) is 0.585. The van der Waals surface area contributed by atoms with Crippen LogP contribution in [-0.2, 0) is 0 Å². The van der Waals surface area contributed by atoms with E-state index >= 15 is 0 Å². The summed E-state index contributed by atoms with van der Waals surface area (Å²) in [4.78, 5) is 0.588. The Hall–Kier alpha value is -1.09. The van der Waals surface area contributed by atoms with Crippen LogP contribution in [0.1, 0.15) is 37.3 Å². The zero-order chi connectivity index (χ0) is 12.4. The van der Waals surface area contributed by atoms with Crippen LogP contribution in [-0.4, -0.2) is 14.6 Å². The van der Waals surface area contributed by atoms with E-state index in [0.717, 1.165) is 5.69 Å². The molecule has 94 valence electrons. The molecule has 0 aliphatic heterocycles. The predicted molar refractivity (Wildman–Crippen MR) is 77.5 cm³/mol. The summed E-state index contributed by atoms with van der Waals surface area (Å²) >= 11 is 3.84. The van der Waals surface area contributed by atoms with E-state index in [1.807, 2.05) is 12.3 Å². The average Bonchev–Trinajstić information content (AvgIpc) is 2.89. The third-order valence-electron chi connectivity index (χ3n) is 3.73. The molecule has 1 heterocycles. The van der Waals surface area contributed by atoms with Gasteiger partial charge < -0.3 is 0 Å². The van der Waals surface area contributed by atoms with Crippen molar-refractivity contribution >= 4 is 15.9 Å². The highest BCUT2D eigenvalue weighted by Gasteiger charge is 2.27. The second-order valence-corrected chi connectivity index (χ2v) is 6.09. The van der Waals surface area contributed by atoms with Crippen molar-refractivity contribution in [2.24, 2.45) is 0 Å². The van der Waals surface area contributed by atoms with Crippen molar-refractivity contribution in [1.29, 1.82) is 0 Å². The normalized spacial score (nSPS) is 24.1. The van der Waals surface area contributed by atoms with Crippen LogP contribution in [0.25, 0.3) is 5.69 Å². The van der Waals surface area contributed by atoms with Gasteiger partial charge in [0.1, 0.15) is 0 Å². The Bertz CT molecular complexity index is 506. The summed E-state index contributed by atoms with van der Waals surface area (Å²) in [5.41, 5.74) is 2.49. The number of alkyl halides is 1. The number of nitrogens with zero attached hydrogens (tertiary/aromatic N) is 2. The van der Waals surface area contributed by atoms with Crippen molar-refractivity contribution < 1.29 is 0 Å². The third-order valence-corrected chi connectivity index (χ3v) is 4.83. The van der Waals surface area contributed by atoms with E-state index in [2.05, 4.69) is 56.0 Å². The second kappa shape index (κ2) is 5.27. The van der Waals surface area contributed by atoms with Gasteiger partial charge in [-0.2, -0.15) is 5.10 Å². The molecule has 1 aliphatic carbocycles. The SMILES string of the molecule is BrC1CCCCC1c1ccnn1-c1ccccc1. The molecule has 3 rings (SSSR count). The number of rotatable bonds is 2. The number of hydrogen-bond donors (Lipinski definition) is 0. The fourth-order valence-corrected chi connectivity index (χ4v) is 3.66. The molecule has 2 atom stereocenters. The fraction of sp³-hybridized carbons (Fsp3) is 0.400. The lowest BCUT2D eigenvalue weighted by atomic mass is 9.86. The zero-order valence-corrected chi connectivity index (χ0v) is 11.9. The van der Waals surface area contributed by atoms with Crippen molar-refractivity contribution in [3.8, 4) is 5.69 Å². The van der Waals surface area contributed by atoms with Crippen LogP contribution in [0, 0.1) is 0 Å². The molecule has 2 aromatic rings. The van der Waals surface area contributed by atoms with Crippen LogP contribution in [0.3, 0.4) is 0 Å². The maximum Gasteiger partial charge on any atom is 0.0648 e. The van der Waals surface area contributed by atoms with Crippen LogP contribution in [0.5, 0.6) is 0 Å².